The molecule has 1 saturated heterocycles. The lowest BCUT2D eigenvalue weighted by atomic mass is 10.2. The van der Waals surface area contributed by atoms with Crippen LogP contribution >= 0.6 is 23.1 Å². The van der Waals surface area contributed by atoms with Crippen LogP contribution in [0.5, 0.6) is 0 Å². The second-order valence-electron chi connectivity index (χ2n) is 6.36. The molecule has 0 unspecified atom stereocenters. The Hall–Kier alpha value is -1.86. The smallest absolute Gasteiger partial charge is 0.243 e. The van der Waals surface area contributed by atoms with Gasteiger partial charge < -0.3 is 9.80 Å². The van der Waals surface area contributed by atoms with Crippen molar-refractivity contribution in [2.75, 3.05) is 23.7 Å². The third-order valence-corrected chi connectivity index (χ3v) is 6.57. The van der Waals surface area contributed by atoms with Gasteiger partial charge in [-0.15, -0.1) is 23.1 Å². The van der Waals surface area contributed by atoms with E-state index in [0.717, 1.165) is 40.5 Å². The number of hydrogen-bond donors (Lipinski definition) is 0. The summed E-state index contributed by atoms with van der Waals surface area (Å²) in [6, 6.07) is 6.07. The zero-order chi connectivity index (χ0) is 17.4. The highest BCUT2D eigenvalue weighted by Gasteiger charge is 2.34. The number of thioether (sulfide) groups is 1. The third-order valence-electron chi connectivity index (χ3n) is 4.66. The molecule has 0 bridgehead atoms. The van der Waals surface area contributed by atoms with Gasteiger partial charge in [-0.05, 0) is 37.5 Å². The zero-order valence-corrected chi connectivity index (χ0v) is 15.6. The molecular weight excluding hydrogens is 354 g/mol. The lowest BCUT2D eigenvalue weighted by Crippen LogP contribution is -2.44. The first-order valence-electron chi connectivity index (χ1n) is 8.36. The van der Waals surface area contributed by atoms with Gasteiger partial charge in [0.05, 0.1) is 17.5 Å². The summed E-state index contributed by atoms with van der Waals surface area (Å²) >= 11 is 3.14. The zero-order valence-electron chi connectivity index (χ0n) is 14.0. The Kier molecular flexibility index (Phi) is 4.52. The number of likely N-dealkylation sites (tertiary alicyclic amines) is 1. The van der Waals surface area contributed by atoms with Crippen molar-refractivity contribution in [3.05, 3.63) is 40.3 Å². The molecular formula is C18H19N3O2S2. The molecule has 5 nitrogen and oxygen atoms in total. The molecule has 0 radical (unpaired) electrons. The fourth-order valence-electron chi connectivity index (χ4n) is 3.43. The monoisotopic (exact) mass is 373 g/mol. The summed E-state index contributed by atoms with van der Waals surface area (Å²) in [6.45, 7) is 2.88. The van der Waals surface area contributed by atoms with Crippen molar-refractivity contribution < 1.29 is 9.59 Å². The Labute approximate surface area is 155 Å². The molecule has 0 aliphatic carbocycles. The van der Waals surface area contributed by atoms with Gasteiger partial charge in [-0.3, -0.25) is 9.59 Å². The Morgan fingerprint density at radius 2 is 2.28 bits per heavy atom. The van der Waals surface area contributed by atoms with E-state index < -0.39 is 0 Å². The summed E-state index contributed by atoms with van der Waals surface area (Å²) in [5.41, 5.74) is 2.01. The molecule has 25 heavy (non-hydrogen) atoms. The molecule has 1 aromatic heterocycles. The normalized spacial score (nSPS) is 20.0. The number of amides is 2. The van der Waals surface area contributed by atoms with Gasteiger partial charge in [0, 0.05) is 23.0 Å². The Morgan fingerprint density at radius 3 is 3.08 bits per heavy atom. The minimum absolute atomic E-state index is 0.000279. The van der Waals surface area contributed by atoms with Crippen LogP contribution in [-0.2, 0) is 9.59 Å². The molecule has 2 amide bonds. The van der Waals surface area contributed by atoms with E-state index in [-0.39, 0.29) is 24.4 Å². The van der Waals surface area contributed by atoms with E-state index >= 15 is 0 Å². The average molecular weight is 374 g/mol. The van der Waals surface area contributed by atoms with Gasteiger partial charge in [0.1, 0.15) is 11.6 Å². The molecule has 2 aromatic rings. The van der Waals surface area contributed by atoms with E-state index in [1.807, 2.05) is 29.3 Å². The standard InChI is InChI=1S/C18H19N3O2S2/c1-12-4-5-13-15(9-12)25-11-17(23)21(13)10-16(22)20-7-2-3-14(20)18-19-6-8-24-18/h4-6,8-9,14H,2-3,7,10-11H2,1H3/t14-/m0/s1. The maximum atomic E-state index is 12.9. The molecule has 1 aromatic carbocycles. The van der Waals surface area contributed by atoms with Gasteiger partial charge in [-0.1, -0.05) is 6.07 Å². The number of aryl methyl sites for hydroxylation is 1. The van der Waals surface area contributed by atoms with E-state index in [9.17, 15) is 9.59 Å². The van der Waals surface area contributed by atoms with Crippen molar-refractivity contribution in [3.8, 4) is 0 Å². The largest absolute Gasteiger partial charge is 0.332 e. The predicted octanol–water partition coefficient (Wildman–Crippen LogP) is 3.25. The van der Waals surface area contributed by atoms with E-state index in [0.29, 0.717) is 5.75 Å². The van der Waals surface area contributed by atoms with Crippen LogP contribution in [0.3, 0.4) is 0 Å². The molecule has 4 rings (SSSR count). The van der Waals surface area contributed by atoms with Crippen LogP contribution in [0.1, 0.15) is 29.5 Å². The molecule has 0 spiro atoms. The second-order valence-corrected chi connectivity index (χ2v) is 8.30. The van der Waals surface area contributed by atoms with Crippen LogP contribution < -0.4 is 4.90 Å². The first kappa shape index (κ1) is 16.6. The molecule has 7 heteroatoms. The van der Waals surface area contributed by atoms with Crippen LogP contribution in [0.15, 0.2) is 34.7 Å². The summed E-state index contributed by atoms with van der Waals surface area (Å²) < 4.78 is 0. The van der Waals surface area contributed by atoms with Crippen molar-refractivity contribution in [2.24, 2.45) is 0 Å². The van der Waals surface area contributed by atoms with E-state index in [1.54, 1.807) is 34.2 Å². The van der Waals surface area contributed by atoms with Crippen molar-refractivity contribution in [3.63, 3.8) is 0 Å². The highest BCUT2D eigenvalue weighted by atomic mass is 32.2. The van der Waals surface area contributed by atoms with E-state index in [4.69, 9.17) is 0 Å². The van der Waals surface area contributed by atoms with Gasteiger partial charge in [0.25, 0.3) is 0 Å². The van der Waals surface area contributed by atoms with Crippen molar-refractivity contribution >= 4 is 40.6 Å². The second kappa shape index (κ2) is 6.80. The highest BCUT2D eigenvalue weighted by Crippen LogP contribution is 2.37. The SMILES string of the molecule is Cc1ccc2c(c1)SCC(=O)N2CC(=O)N1CCC[C@H]1c1nccs1. The number of rotatable bonds is 3. The van der Waals surface area contributed by atoms with Gasteiger partial charge in [0.15, 0.2) is 0 Å². The topological polar surface area (TPSA) is 53.5 Å². The van der Waals surface area contributed by atoms with Crippen LogP contribution in [0.4, 0.5) is 5.69 Å². The number of fused-ring (bicyclic) bond motifs is 1. The fraction of sp³-hybridized carbons (Fsp3) is 0.389. The number of anilines is 1. The molecule has 130 valence electrons. The van der Waals surface area contributed by atoms with Crippen molar-refractivity contribution in [2.45, 2.75) is 30.7 Å². The minimum atomic E-state index is -0.000279. The van der Waals surface area contributed by atoms with Gasteiger partial charge in [0.2, 0.25) is 11.8 Å². The molecule has 2 aliphatic rings. The number of aromatic nitrogens is 1. The van der Waals surface area contributed by atoms with Crippen LogP contribution in [0.2, 0.25) is 0 Å². The molecule has 0 N–H and O–H groups in total. The summed E-state index contributed by atoms with van der Waals surface area (Å²) in [7, 11) is 0. The summed E-state index contributed by atoms with van der Waals surface area (Å²) in [6.07, 6.45) is 3.71. The van der Waals surface area contributed by atoms with Crippen LogP contribution in [-0.4, -0.2) is 40.5 Å². The van der Waals surface area contributed by atoms with E-state index in [2.05, 4.69) is 11.1 Å². The lowest BCUT2D eigenvalue weighted by molar-refractivity contribution is -0.132. The Bertz CT molecular complexity index is 807. The number of thiazole rings is 1. The number of carbonyl (C=O) groups is 2. The molecule has 1 fully saturated rings. The quantitative estimate of drug-likeness (QED) is 0.829. The van der Waals surface area contributed by atoms with Crippen molar-refractivity contribution in [1.82, 2.24) is 9.88 Å². The summed E-state index contributed by atoms with van der Waals surface area (Å²) in [5, 5.41) is 2.93. The minimum Gasteiger partial charge on any atom is -0.332 e. The van der Waals surface area contributed by atoms with Crippen LogP contribution in [0, 0.1) is 6.92 Å². The summed E-state index contributed by atoms with van der Waals surface area (Å²) in [5.74, 6) is 0.392. The molecule has 1 atom stereocenters. The number of nitrogens with zero attached hydrogens (tertiary/aromatic N) is 3. The first-order valence-corrected chi connectivity index (χ1v) is 10.2. The molecule has 2 aliphatic heterocycles. The Morgan fingerprint density at radius 1 is 1.40 bits per heavy atom. The number of hydrogen-bond acceptors (Lipinski definition) is 5. The maximum Gasteiger partial charge on any atom is 0.243 e. The van der Waals surface area contributed by atoms with E-state index in [1.165, 1.54) is 0 Å². The van der Waals surface area contributed by atoms with Crippen LogP contribution in [0.25, 0.3) is 0 Å². The van der Waals surface area contributed by atoms with Gasteiger partial charge in [-0.2, -0.15) is 0 Å². The lowest BCUT2D eigenvalue weighted by Gasteiger charge is -2.31. The number of benzene rings is 1. The first-order chi connectivity index (χ1) is 12.1. The summed E-state index contributed by atoms with van der Waals surface area (Å²) in [4.78, 5) is 34.4. The fourth-order valence-corrected chi connectivity index (χ4v) is 5.25. The van der Waals surface area contributed by atoms with Crippen molar-refractivity contribution in [1.29, 1.82) is 0 Å². The highest BCUT2D eigenvalue weighted by molar-refractivity contribution is 8.00. The molecule has 0 saturated carbocycles. The molecule has 3 heterocycles. The number of carbonyl (C=O) groups excluding carboxylic acids is 2. The Balaban J connectivity index is 1.55. The van der Waals surface area contributed by atoms with Gasteiger partial charge in [-0.25, -0.2) is 4.98 Å². The maximum absolute atomic E-state index is 12.9. The van der Waals surface area contributed by atoms with Gasteiger partial charge >= 0.3 is 0 Å². The third kappa shape index (κ3) is 3.18. The predicted molar refractivity (Wildman–Crippen MR) is 100 cm³/mol. The average Bonchev–Trinajstić information content (AvgIpc) is 3.27.